The van der Waals surface area contributed by atoms with Gasteiger partial charge in [0.25, 0.3) is 5.56 Å². The summed E-state index contributed by atoms with van der Waals surface area (Å²) in [7, 11) is 0. The van der Waals surface area contributed by atoms with Crippen molar-refractivity contribution in [2.24, 2.45) is 0 Å². The summed E-state index contributed by atoms with van der Waals surface area (Å²) in [6.07, 6.45) is 3.27. The molecule has 0 saturated heterocycles. The number of benzene rings is 1. The SMILES string of the molecule is Cc1ncc2c(=O)n(-c3ccc(N)cc3)ccc2n1. The summed E-state index contributed by atoms with van der Waals surface area (Å²) < 4.78 is 1.56. The van der Waals surface area contributed by atoms with Crippen molar-refractivity contribution in [3.8, 4) is 5.69 Å². The van der Waals surface area contributed by atoms with Crippen molar-refractivity contribution in [2.75, 3.05) is 5.73 Å². The maximum atomic E-state index is 12.4. The molecular weight excluding hydrogens is 240 g/mol. The fourth-order valence-corrected chi connectivity index (χ4v) is 1.96. The molecule has 0 bridgehead atoms. The average Bonchev–Trinajstić information content (AvgIpc) is 2.40. The fraction of sp³-hybridized carbons (Fsp3) is 0.0714. The lowest BCUT2D eigenvalue weighted by Crippen LogP contribution is -2.18. The normalized spacial score (nSPS) is 10.8. The Hall–Kier alpha value is -2.69. The molecule has 5 nitrogen and oxygen atoms in total. The van der Waals surface area contributed by atoms with E-state index >= 15 is 0 Å². The van der Waals surface area contributed by atoms with Crippen LogP contribution in [0.4, 0.5) is 5.69 Å². The van der Waals surface area contributed by atoms with E-state index in [1.165, 1.54) is 0 Å². The van der Waals surface area contributed by atoms with Gasteiger partial charge in [-0.3, -0.25) is 9.36 Å². The van der Waals surface area contributed by atoms with E-state index in [9.17, 15) is 4.79 Å². The molecule has 0 amide bonds. The summed E-state index contributed by atoms with van der Waals surface area (Å²) in [5.41, 5.74) is 7.59. The lowest BCUT2D eigenvalue weighted by atomic mass is 10.2. The van der Waals surface area contributed by atoms with E-state index in [-0.39, 0.29) is 5.56 Å². The van der Waals surface area contributed by atoms with Crippen molar-refractivity contribution in [1.29, 1.82) is 0 Å². The van der Waals surface area contributed by atoms with Gasteiger partial charge in [0.1, 0.15) is 5.82 Å². The summed E-state index contributed by atoms with van der Waals surface area (Å²) >= 11 is 0. The van der Waals surface area contributed by atoms with Crippen LogP contribution < -0.4 is 11.3 Å². The Kier molecular flexibility index (Phi) is 2.52. The van der Waals surface area contributed by atoms with Crippen LogP contribution in [0.1, 0.15) is 5.82 Å². The topological polar surface area (TPSA) is 73.8 Å². The number of hydrogen-bond donors (Lipinski definition) is 1. The molecule has 0 aliphatic carbocycles. The zero-order chi connectivity index (χ0) is 13.4. The van der Waals surface area contributed by atoms with E-state index in [0.29, 0.717) is 22.4 Å². The first-order chi connectivity index (χ1) is 9.15. The van der Waals surface area contributed by atoms with Gasteiger partial charge < -0.3 is 5.73 Å². The molecule has 5 heteroatoms. The zero-order valence-electron chi connectivity index (χ0n) is 10.4. The minimum Gasteiger partial charge on any atom is -0.399 e. The van der Waals surface area contributed by atoms with Gasteiger partial charge in [-0.1, -0.05) is 0 Å². The van der Waals surface area contributed by atoms with Gasteiger partial charge in [-0.2, -0.15) is 0 Å². The summed E-state index contributed by atoms with van der Waals surface area (Å²) in [6.45, 7) is 1.80. The van der Waals surface area contributed by atoms with Crippen molar-refractivity contribution in [3.05, 3.63) is 58.9 Å². The first-order valence-electron chi connectivity index (χ1n) is 5.86. The van der Waals surface area contributed by atoms with Gasteiger partial charge in [-0.15, -0.1) is 0 Å². The maximum Gasteiger partial charge on any atom is 0.266 e. The highest BCUT2D eigenvalue weighted by Crippen LogP contribution is 2.11. The molecule has 0 aliphatic heterocycles. The third-order valence-electron chi connectivity index (χ3n) is 2.94. The number of fused-ring (bicyclic) bond motifs is 1. The van der Waals surface area contributed by atoms with Crippen LogP contribution in [-0.4, -0.2) is 14.5 Å². The molecule has 0 aliphatic rings. The number of anilines is 1. The second kappa shape index (κ2) is 4.20. The van der Waals surface area contributed by atoms with Crippen LogP contribution in [-0.2, 0) is 0 Å². The Morgan fingerprint density at radius 3 is 2.63 bits per heavy atom. The molecule has 94 valence electrons. The lowest BCUT2D eigenvalue weighted by Gasteiger charge is -2.07. The van der Waals surface area contributed by atoms with E-state index in [0.717, 1.165) is 5.69 Å². The molecule has 3 rings (SSSR count). The highest BCUT2D eigenvalue weighted by atomic mass is 16.1. The van der Waals surface area contributed by atoms with Crippen molar-refractivity contribution in [2.45, 2.75) is 6.92 Å². The molecule has 2 N–H and O–H groups in total. The van der Waals surface area contributed by atoms with E-state index in [2.05, 4.69) is 9.97 Å². The Morgan fingerprint density at radius 2 is 1.89 bits per heavy atom. The first kappa shape index (κ1) is 11.4. The van der Waals surface area contributed by atoms with Crippen molar-refractivity contribution in [3.63, 3.8) is 0 Å². The molecule has 0 spiro atoms. The van der Waals surface area contributed by atoms with Crippen LogP contribution >= 0.6 is 0 Å². The van der Waals surface area contributed by atoms with Crippen LogP contribution in [0.5, 0.6) is 0 Å². The van der Waals surface area contributed by atoms with Crippen LogP contribution in [0.15, 0.2) is 47.5 Å². The molecule has 0 unspecified atom stereocenters. The Morgan fingerprint density at radius 1 is 1.16 bits per heavy atom. The number of aryl methyl sites for hydroxylation is 1. The number of nitrogens with two attached hydrogens (primary N) is 1. The molecule has 19 heavy (non-hydrogen) atoms. The van der Waals surface area contributed by atoms with Crippen LogP contribution in [0.25, 0.3) is 16.6 Å². The molecule has 1 aromatic carbocycles. The van der Waals surface area contributed by atoms with Gasteiger partial charge in [-0.25, -0.2) is 9.97 Å². The Balaban J connectivity index is 2.26. The van der Waals surface area contributed by atoms with Crippen molar-refractivity contribution < 1.29 is 0 Å². The second-order valence-corrected chi connectivity index (χ2v) is 4.30. The number of pyridine rings is 1. The van der Waals surface area contributed by atoms with E-state index in [1.54, 1.807) is 48.1 Å². The average molecular weight is 252 g/mol. The van der Waals surface area contributed by atoms with Crippen LogP contribution in [0.2, 0.25) is 0 Å². The molecule has 0 fully saturated rings. The van der Waals surface area contributed by atoms with E-state index in [1.807, 2.05) is 6.07 Å². The summed E-state index contributed by atoms with van der Waals surface area (Å²) in [5.74, 6) is 0.650. The molecular formula is C14H12N4O. The van der Waals surface area contributed by atoms with Gasteiger partial charge in [0.2, 0.25) is 0 Å². The lowest BCUT2D eigenvalue weighted by molar-refractivity contribution is 0.994. The zero-order valence-corrected chi connectivity index (χ0v) is 10.4. The molecule has 0 saturated carbocycles. The smallest absolute Gasteiger partial charge is 0.266 e. The third kappa shape index (κ3) is 1.95. The Labute approximate surface area is 109 Å². The van der Waals surface area contributed by atoms with Crippen LogP contribution in [0.3, 0.4) is 0 Å². The second-order valence-electron chi connectivity index (χ2n) is 4.30. The summed E-state index contributed by atoms with van der Waals surface area (Å²) in [5, 5.41) is 0.505. The molecule has 2 heterocycles. The van der Waals surface area contributed by atoms with Gasteiger partial charge in [0.05, 0.1) is 10.9 Å². The molecule has 0 atom stereocenters. The maximum absolute atomic E-state index is 12.4. The highest BCUT2D eigenvalue weighted by molar-refractivity contribution is 5.76. The first-order valence-corrected chi connectivity index (χ1v) is 5.86. The molecule has 3 aromatic rings. The van der Waals surface area contributed by atoms with E-state index < -0.39 is 0 Å². The Bertz CT molecular complexity index is 806. The molecule has 0 radical (unpaired) electrons. The summed E-state index contributed by atoms with van der Waals surface area (Å²) in [6, 6.07) is 8.94. The predicted molar refractivity (Wildman–Crippen MR) is 74.3 cm³/mol. The van der Waals surface area contributed by atoms with Crippen LogP contribution in [0, 0.1) is 6.92 Å². The largest absolute Gasteiger partial charge is 0.399 e. The minimum atomic E-state index is -0.137. The van der Waals surface area contributed by atoms with Gasteiger partial charge in [-0.05, 0) is 37.3 Å². The van der Waals surface area contributed by atoms with Crippen molar-refractivity contribution >= 4 is 16.6 Å². The highest BCUT2D eigenvalue weighted by Gasteiger charge is 2.06. The fourth-order valence-electron chi connectivity index (χ4n) is 1.96. The quantitative estimate of drug-likeness (QED) is 0.668. The van der Waals surface area contributed by atoms with E-state index in [4.69, 9.17) is 5.73 Å². The minimum absolute atomic E-state index is 0.137. The van der Waals surface area contributed by atoms with Gasteiger partial charge in [0.15, 0.2) is 0 Å². The van der Waals surface area contributed by atoms with Crippen molar-refractivity contribution in [1.82, 2.24) is 14.5 Å². The van der Waals surface area contributed by atoms with Gasteiger partial charge >= 0.3 is 0 Å². The number of aromatic nitrogens is 3. The standard InChI is InChI=1S/C14H12N4O/c1-9-16-8-12-13(17-9)6-7-18(14(12)19)11-4-2-10(15)3-5-11/h2-8H,15H2,1H3. The third-order valence-corrected chi connectivity index (χ3v) is 2.94. The van der Waals surface area contributed by atoms with Gasteiger partial charge in [0, 0.05) is 23.8 Å². The predicted octanol–water partition coefficient (Wildman–Crippen LogP) is 1.67. The number of nitrogens with zero attached hydrogens (tertiary/aromatic N) is 3. The number of hydrogen-bond acceptors (Lipinski definition) is 4. The number of nitrogen functional groups attached to an aromatic ring is 1. The monoisotopic (exact) mass is 252 g/mol. The summed E-state index contributed by atoms with van der Waals surface area (Å²) in [4.78, 5) is 20.7. The number of rotatable bonds is 1. The molecule has 2 aromatic heterocycles.